The summed E-state index contributed by atoms with van der Waals surface area (Å²) in [6, 6.07) is 20.7. The highest BCUT2D eigenvalue weighted by atomic mass is 79.9. The maximum absolute atomic E-state index is 12.7. The summed E-state index contributed by atoms with van der Waals surface area (Å²) in [6.45, 7) is 4.45. The lowest BCUT2D eigenvalue weighted by atomic mass is 10.1. The maximum atomic E-state index is 12.7. The van der Waals surface area contributed by atoms with Gasteiger partial charge in [-0.3, -0.25) is 9.59 Å². The third-order valence-corrected chi connectivity index (χ3v) is 6.07. The molecule has 1 aliphatic heterocycles. The molecule has 1 fully saturated rings. The molecule has 0 radical (unpaired) electrons. The van der Waals surface area contributed by atoms with Gasteiger partial charge in [-0.05, 0) is 79.6 Å². The van der Waals surface area contributed by atoms with Crippen molar-refractivity contribution in [2.75, 3.05) is 16.8 Å². The van der Waals surface area contributed by atoms with Gasteiger partial charge in [0.25, 0.3) is 0 Å². The Morgan fingerprint density at radius 2 is 1.74 bits per heavy atom. The van der Waals surface area contributed by atoms with Crippen molar-refractivity contribution in [3.63, 3.8) is 0 Å². The number of rotatable bonds is 5. The Morgan fingerprint density at radius 1 is 1.03 bits per heavy atom. The summed E-state index contributed by atoms with van der Waals surface area (Å²) in [5.41, 5.74) is 3.75. The van der Waals surface area contributed by atoms with Crippen LogP contribution in [0, 0.1) is 19.8 Å². The summed E-state index contributed by atoms with van der Waals surface area (Å²) in [6.07, 6.45) is 0.204. The molecule has 1 N–H and O–H groups in total. The summed E-state index contributed by atoms with van der Waals surface area (Å²) in [5.74, 6) is 0.927. The first-order valence-corrected chi connectivity index (χ1v) is 10.9. The Balaban J connectivity index is 1.38. The number of nitrogens with one attached hydrogen (secondary N) is 1. The molecule has 0 bridgehead atoms. The number of anilines is 2. The minimum absolute atomic E-state index is 0.0419. The zero-order chi connectivity index (χ0) is 22.0. The summed E-state index contributed by atoms with van der Waals surface area (Å²) >= 11 is 3.39. The Bertz CT molecular complexity index is 1110. The van der Waals surface area contributed by atoms with E-state index in [2.05, 4.69) is 21.2 Å². The van der Waals surface area contributed by atoms with Crippen LogP contribution in [0.1, 0.15) is 17.5 Å². The van der Waals surface area contributed by atoms with E-state index in [1.807, 2.05) is 80.6 Å². The molecule has 1 atom stereocenters. The maximum Gasteiger partial charge on any atom is 0.229 e. The molecule has 2 amide bonds. The molecule has 4 rings (SSSR count). The van der Waals surface area contributed by atoms with Gasteiger partial charge in [-0.15, -0.1) is 0 Å². The Labute approximate surface area is 190 Å². The van der Waals surface area contributed by atoms with Gasteiger partial charge in [-0.2, -0.15) is 0 Å². The lowest BCUT2D eigenvalue weighted by Gasteiger charge is -2.17. The summed E-state index contributed by atoms with van der Waals surface area (Å²) in [5, 5.41) is 2.92. The number of carbonyl (C=O) groups is 2. The van der Waals surface area contributed by atoms with E-state index >= 15 is 0 Å². The summed E-state index contributed by atoms with van der Waals surface area (Å²) < 4.78 is 6.91. The Kier molecular flexibility index (Phi) is 6.09. The fourth-order valence-corrected chi connectivity index (χ4v) is 3.83. The van der Waals surface area contributed by atoms with Crippen molar-refractivity contribution in [2.45, 2.75) is 20.3 Å². The van der Waals surface area contributed by atoms with Crippen molar-refractivity contribution in [1.29, 1.82) is 0 Å². The molecule has 1 aliphatic rings. The minimum Gasteiger partial charge on any atom is -0.457 e. The Morgan fingerprint density at radius 3 is 2.45 bits per heavy atom. The van der Waals surface area contributed by atoms with Crippen LogP contribution < -0.4 is 15.0 Å². The van der Waals surface area contributed by atoms with Crippen molar-refractivity contribution in [1.82, 2.24) is 0 Å². The SMILES string of the molecule is Cc1cccc(Oc2ccc(NC(=O)[C@@H]3CC(=O)N(c4ccc(Br)cc4)C3)cc2)c1C. The van der Waals surface area contributed by atoms with Crippen LogP contribution in [0.15, 0.2) is 71.2 Å². The zero-order valence-electron chi connectivity index (χ0n) is 17.4. The van der Waals surface area contributed by atoms with Gasteiger partial charge in [0.1, 0.15) is 11.5 Å². The number of benzene rings is 3. The van der Waals surface area contributed by atoms with Gasteiger partial charge in [0.15, 0.2) is 0 Å². The molecule has 5 nitrogen and oxygen atoms in total. The second-order valence-electron chi connectivity index (χ2n) is 7.70. The lowest BCUT2D eigenvalue weighted by Crippen LogP contribution is -2.28. The molecule has 0 unspecified atom stereocenters. The van der Waals surface area contributed by atoms with E-state index in [4.69, 9.17) is 4.74 Å². The number of ether oxygens (including phenoxy) is 1. The molecule has 0 aromatic heterocycles. The minimum atomic E-state index is -0.387. The predicted octanol–water partition coefficient (Wildman–Crippen LogP) is 5.85. The van der Waals surface area contributed by atoms with Gasteiger partial charge in [0.05, 0.1) is 5.92 Å². The monoisotopic (exact) mass is 478 g/mol. The quantitative estimate of drug-likeness (QED) is 0.500. The number of carbonyl (C=O) groups excluding carboxylic acids is 2. The number of aryl methyl sites for hydroxylation is 1. The molecule has 3 aromatic carbocycles. The highest BCUT2D eigenvalue weighted by Crippen LogP contribution is 2.29. The topological polar surface area (TPSA) is 58.6 Å². The van der Waals surface area contributed by atoms with Crippen molar-refractivity contribution in [2.24, 2.45) is 5.92 Å². The number of nitrogens with zero attached hydrogens (tertiary/aromatic N) is 1. The third-order valence-electron chi connectivity index (χ3n) is 5.54. The predicted molar refractivity (Wildman–Crippen MR) is 126 cm³/mol. The van der Waals surface area contributed by atoms with Gasteiger partial charge < -0.3 is 15.0 Å². The lowest BCUT2D eigenvalue weighted by molar-refractivity contribution is -0.122. The first kappa shape index (κ1) is 21.1. The van der Waals surface area contributed by atoms with E-state index in [0.29, 0.717) is 18.0 Å². The van der Waals surface area contributed by atoms with Gasteiger partial charge in [-0.25, -0.2) is 0 Å². The van der Waals surface area contributed by atoms with E-state index in [1.54, 1.807) is 4.90 Å². The second-order valence-corrected chi connectivity index (χ2v) is 8.61. The number of hydrogen-bond acceptors (Lipinski definition) is 3. The Hall–Kier alpha value is -3.12. The van der Waals surface area contributed by atoms with Crippen LogP contribution in [0.25, 0.3) is 0 Å². The van der Waals surface area contributed by atoms with Crippen LogP contribution in [-0.4, -0.2) is 18.4 Å². The fraction of sp³-hybridized carbons (Fsp3) is 0.200. The van der Waals surface area contributed by atoms with Crippen LogP contribution in [0.5, 0.6) is 11.5 Å². The van der Waals surface area contributed by atoms with Crippen LogP contribution in [0.3, 0.4) is 0 Å². The van der Waals surface area contributed by atoms with Crippen LogP contribution in [0.2, 0.25) is 0 Å². The molecule has 3 aromatic rings. The number of hydrogen-bond donors (Lipinski definition) is 1. The van der Waals surface area contributed by atoms with Crippen molar-refractivity contribution < 1.29 is 14.3 Å². The standard InChI is InChI=1S/C25H23BrN2O3/c1-16-4-3-5-23(17(16)2)31-22-12-8-20(9-13-22)27-25(30)18-14-24(29)28(15-18)21-10-6-19(26)7-11-21/h3-13,18H,14-15H2,1-2H3,(H,27,30)/t18-/m1/s1. The first-order valence-electron chi connectivity index (χ1n) is 10.1. The molecule has 158 valence electrons. The van der Waals surface area contributed by atoms with Gasteiger partial charge in [0, 0.05) is 28.8 Å². The molecule has 1 saturated heterocycles. The average Bonchev–Trinajstić information content (AvgIpc) is 3.15. The molecule has 1 heterocycles. The van der Waals surface area contributed by atoms with E-state index in [1.165, 1.54) is 5.56 Å². The smallest absolute Gasteiger partial charge is 0.229 e. The highest BCUT2D eigenvalue weighted by molar-refractivity contribution is 9.10. The third kappa shape index (κ3) is 4.80. The van der Waals surface area contributed by atoms with Crippen molar-refractivity contribution in [3.05, 3.63) is 82.3 Å². The van der Waals surface area contributed by atoms with E-state index in [9.17, 15) is 9.59 Å². The molecular weight excluding hydrogens is 456 g/mol. The van der Waals surface area contributed by atoms with E-state index in [-0.39, 0.29) is 24.2 Å². The number of amides is 2. The van der Waals surface area contributed by atoms with Gasteiger partial charge in [0.2, 0.25) is 11.8 Å². The average molecular weight is 479 g/mol. The second kappa shape index (κ2) is 8.94. The molecular formula is C25H23BrN2O3. The van der Waals surface area contributed by atoms with Crippen LogP contribution in [0.4, 0.5) is 11.4 Å². The first-order chi connectivity index (χ1) is 14.9. The highest BCUT2D eigenvalue weighted by Gasteiger charge is 2.35. The van der Waals surface area contributed by atoms with Gasteiger partial charge >= 0.3 is 0 Å². The van der Waals surface area contributed by atoms with E-state index < -0.39 is 0 Å². The van der Waals surface area contributed by atoms with Crippen LogP contribution >= 0.6 is 15.9 Å². The van der Waals surface area contributed by atoms with Crippen LogP contribution in [-0.2, 0) is 9.59 Å². The molecule has 0 aliphatic carbocycles. The summed E-state index contributed by atoms with van der Waals surface area (Å²) in [7, 11) is 0. The molecule has 0 saturated carbocycles. The van der Waals surface area contributed by atoms with Gasteiger partial charge in [-0.1, -0.05) is 28.1 Å². The molecule has 31 heavy (non-hydrogen) atoms. The normalized spacial score (nSPS) is 15.8. The molecule has 6 heteroatoms. The fourth-order valence-electron chi connectivity index (χ4n) is 3.57. The largest absolute Gasteiger partial charge is 0.457 e. The number of halogens is 1. The van der Waals surface area contributed by atoms with Crippen molar-refractivity contribution in [3.8, 4) is 11.5 Å². The molecule has 0 spiro atoms. The zero-order valence-corrected chi connectivity index (χ0v) is 19.0. The van der Waals surface area contributed by atoms with E-state index in [0.717, 1.165) is 21.5 Å². The van der Waals surface area contributed by atoms with Crippen molar-refractivity contribution >= 4 is 39.1 Å². The summed E-state index contributed by atoms with van der Waals surface area (Å²) in [4.78, 5) is 26.8.